The van der Waals surface area contributed by atoms with E-state index in [0.29, 0.717) is 16.3 Å². The van der Waals surface area contributed by atoms with Gasteiger partial charge in [-0.2, -0.15) is 0 Å². The van der Waals surface area contributed by atoms with E-state index in [-0.39, 0.29) is 11.6 Å². The second-order valence-electron chi connectivity index (χ2n) is 4.81. The predicted molar refractivity (Wildman–Crippen MR) is 87.5 cm³/mol. The van der Waals surface area contributed by atoms with E-state index in [1.807, 2.05) is 26.0 Å². The van der Waals surface area contributed by atoms with Crippen molar-refractivity contribution in [3.63, 3.8) is 0 Å². The lowest BCUT2D eigenvalue weighted by atomic mass is 10.1. The molecule has 0 aliphatic carbocycles. The summed E-state index contributed by atoms with van der Waals surface area (Å²) >= 11 is 10.7. The molecule has 2 rings (SSSR count). The maximum atomic E-state index is 13.8. The molecule has 2 aromatic rings. The zero-order chi connectivity index (χ0) is 15.6. The Balaban J connectivity index is 2.24. The Labute approximate surface area is 133 Å². The third kappa shape index (κ3) is 3.52. The largest absolute Gasteiger partial charge is 0.488 e. The molecule has 0 fully saturated rings. The molecule has 5 heteroatoms. The summed E-state index contributed by atoms with van der Waals surface area (Å²) < 4.78 is 19.6. The minimum absolute atomic E-state index is 0.0911. The van der Waals surface area contributed by atoms with Crippen molar-refractivity contribution < 1.29 is 9.13 Å². The highest BCUT2D eigenvalue weighted by Gasteiger charge is 2.11. The Kier molecular flexibility index (Phi) is 4.80. The Bertz CT molecular complexity index is 680. The number of hydrogen-bond donors (Lipinski definition) is 1. The van der Waals surface area contributed by atoms with Crippen LogP contribution in [0.25, 0.3) is 0 Å². The lowest BCUT2D eigenvalue weighted by Crippen LogP contribution is -2.10. The number of rotatable bonds is 4. The van der Waals surface area contributed by atoms with Crippen LogP contribution in [-0.4, -0.2) is 4.99 Å². The highest BCUT2D eigenvalue weighted by atomic mass is 35.5. The van der Waals surface area contributed by atoms with E-state index < -0.39 is 5.82 Å². The Hall–Kier alpha value is -1.65. The van der Waals surface area contributed by atoms with E-state index in [1.54, 1.807) is 12.1 Å². The van der Waals surface area contributed by atoms with Gasteiger partial charge in [0.1, 0.15) is 23.2 Å². The van der Waals surface area contributed by atoms with Crippen LogP contribution in [0.5, 0.6) is 5.75 Å². The molecule has 0 spiro atoms. The van der Waals surface area contributed by atoms with E-state index in [0.717, 1.165) is 16.7 Å². The zero-order valence-corrected chi connectivity index (χ0v) is 13.3. The predicted octanol–water partition coefficient (Wildman–Crippen LogP) is 4.31. The number of hydrogen-bond acceptors (Lipinski definition) is 2. The molecule has 0 atom stereocenters. The van der Waals surface area contributed by atoms with Crippen molar-refractivity contribution in [3.8, 4) is 5.75 Å². The van der Waals surface area contributed by atoms with Gasteiger partial charge >= 0.3 is 0 Å². The molecule has 21 heavy (non-hydrogen) atoms. The number of thiocarbonyl (C=S) groups is 1. The van der Waals surface area contributed by atoms with Gasteiger partial charge in [0.05, 0.1) is 5.02 Å². The molecule has 0 amide bonds. The van der Waals surface area contributed by atoms with Crippen molar-refractivity contribution in [1.82, 2.24) is 0 Å². The first-order valence-electron chi connectivity index (χ1n) is 6.37. The van der Waals surface area contributed by atoms with Crippen LogP contribution in [0.15, 0.2) is 30.3 Å². The Morgan fingerprint density at radius 3 is 2.48 bits per heavy atom. The number of benzene rings is 2. The van der Waals surface area contributed by atoms with Crippen LogP contribution in [0, 0.1) is 19.7 Å². The molecule has 0 aliphatic heterocycles. The van der Waals surface area contributed by atoms with Crippen molar-refractivity contribution in [2.75, 3.05) is 0 Å². The molecule has 0 saturated heterocycles. The third-order valence-electron chi connectivity index (χ3n) is 3.15. The lowest BCUT2D eigenvalue weighted by molar-refractivity contribution is 0.296. The highest BCUT2D eigenvalue weighted by molar-refractivity contribution is 7.80. The molecule has 2 N–H and O–H groups in total. The van der Waals surface area contributed by atoms with Crippen LogP contribution in [0.3, 0.4) is 0 Å². The van der Waals surface area contributed by atoms with Crippen molar-refractivity contribution in [1.29, 1.82) is 0 Å². The fraction of sp³-hybridized carbons (Fsp3) is 0.188. The molecule has 0 heterocycles. The van der Waals surface area contributed by atoms with E-state index in [9.17, 15) is 4.39 Å². The zero-order valence-electron chi connectivity index (χ0n) is 11.7. The summed E-state index contributed by atoms with van der Waals surface area (Å²) in [6.07, 6.45) is 0. The second-order valence-corrected chi connectivity index (χ2v) is 5.65. The molecule has 0 aromatic heterocycles. The number of ether oxygens (including phenoxy) is 1. The minimum atomic E-state index is -0.450. The first-order chi connectivity index (χ1) is 9.90. The van der Waals surface area contributed by atoms with Crippen LogP contribution in [0.2, 0.25) is 5.02 Å². The van der Waals surface area contributed by atoms with Crippen molar-refractivity contribution >= 4 is 28.8 Å². The van der Waals surface area contributed by atoms with Crippen LogP contribution in [0.1, 0.15) is 22.3 Å². The van der Waals surface area contributed by atoms with Gasteiger partial charge in [-0.15, -0.1) is 0 Å². The van der Waals surface area contributed by atoms with Gasteiger partial charge in [-0.3, -0.25) is 0 Å². The SMILES string of the molecule is Cc1cc(C(N)=S)cc(C)c1OCc1cccc(Cl)c1F. The fourth-order valence-corrected chi connectivity index (χ4v) is 2.44. The van der Waals surface area contributed by atoms with Gasteiger partial charge in [0.25, 0.3) is 0 Å². The van der Waals surface area contributed by atoms with Gasteiger partial charge in [0, 0.05) is 11.1 Å². The lowest BCUT2D eigenvalue weighted by Gasteiger charge is -2.14. The molecule has 2 aromatic carbocycles. The number of nitrogens with two attached hydrogens (primary N) is 1. The minimum Gasteiger partial charge on any atom is -0.488 e. The summed E-state index contributed by atoms with van der Waals surface area (Å²) in [7, 11) is 0. The molecule has 0 unspecified atom stereocenters. The fourth-order valence-electron chi connectivity index (χ4n) is 2.13. The molecular weight excluding hydrogens is 309 g/mol. The van der Waals surface area contributed by atoms with Crippen LogP contribution in [-0.2, 0) is 6.61 Å². The van der Waals surface area contributed by atoms with Gasteiger partial charge in [-0.25, -0.2) is 4.39 Å². The standard InChI is InChI=1S/C16H15ClFNOS/c1-9-6-12(16(19)21)7-10(2)15(9)20-8-11-4-3-5-13(17)14(11)18/h3-7H,8H2,1-2H3,(H2,19,21). The molecule has 0 saturated carbocycles. The first kappa shape index (κ1) is 15.7. The van der Waals surface area contributed by atoms with E-state index >= 15 is 0 Å². The van der Waals surface area contributed by atoms with Gasteiger partial charge in [-0.1, -0.05) is 36.0 Å². The smallest absolute Gasteiger partial charge is 0.148 e. The van der Waals surface area contributed by atoms with E-state index in [2.05, 4.69) is 0 Å². The maximum Gasteiger partial charge on any atom is 0.148 e. The summed E-state index contributed by atoms with van der Waals surface area (Å²) in [6, 6.07) is 8.57. The summed E-state index contributed by atoms with van der Waals surface area (Å²) in [5.74, 6) is 0.253. The normalized spacial score (nSPS) is 10.5. The Morgan fingerprint density at radius 2 is 1.90 bits per heavy atom. The van der Waals surface area contributed by atoms with Gasteiger partial charge in [-0.05, 0) is 43.2 Å². The molecule has 2 nitrogen and oxygen atoms in total. The number of aryl methyl sites for hydroxylation is 2. The van der Waals surface area contributed by atoms with Crippen molar-refractivity contribution in [3.05, 3.63) is 63.4 Å². The highest BCUT2D eigenvalue weighted by Crippen LogP contribution is 2.27. The summed E-state index contributed by atoms with van der Waals surface area (Å²) in [5.41, 5.74) is 8.64. The van der Waals surface area contributed by atoms with Gasteiger partial charge in [0.2, 0.25) is 0 Å². The molecular formula is C16H15ClFNOS. The topological polar surface area (TPSA) is 35.2 Å². The monoisotopic (exact) mass is 323 g/mol. The van der Waals surface area contributed by atoms with Crippen molar-refractivity contribution in [2.45, 2.75) is 20.5 Å². The third-order valence-corrected chi connectivity index (χ3v) is 3.68. The summed E-state index contributed by atoms with van der Waals surface area (Å²) in [4.78, 5) is 0.341. The molecule has 110 valence electrons. The van der Waals surface area contributed by atoms with E-state index in [4.69, 9.17) is 34.3 Å². The molecule has 0 radical (unpaired) electrons. The van der Waals surface area contributed by atoms with Crippen LogP contribution < -0.4 is 10.5 Å². The average Bonchev–Trinajstić information content (AvgIpc) is 2.42. The Morgan fingerprint density at radius 1 is 1.29 bits per heavy atom. The van der Waals surface area contributed by atoms with Gasteiger partial charge < -0.3 is 10.5 Å². The molecule has 0 aliphatic rings. The average molecular weight is 324 g/mol. The quantitative estimate of drug-likeness (QED) is 0.852. The maximum absolute atomic E-state index is 13.8. The van der Waals surface area contributed by atoms with Crippen LogP contribution >= 0.6 is 23.8 Å². The van der Waals surface area contributed by atoms with Crippen molar-refractivity contribution in [2.24, 2.45) is 5.73 Å². The van der Waals surface area contributed by atoms with Gasteiger partial charge in [0.15, 0.2) is 0 Å². The summed E-state index contributed by atoms with van der Waals surface area (Å²) in [5, 5.41) is 0.0911. The summed E-state index contributed by atoms with van der Waals surface area (Å²) in [6.45, 7) is 3.91. The molecule has 0 bridgehead atoms. The number of halogens is 2. The second kappa shape index (κ2) is 6.41. The van der Waals surface area contributed by atoms with Crippen LogP contribution in [0.4, 0.5) is 4.39 Å². The first-order valence-corrected chi connectivity index (χ1v) is 7.15. The van der Waals surface area contributed by atoms with E-state index in [1.165, 1.54) is 6.07 Å².